The number of hydrogen-bond acceptors (Lipinski definition) is 6. The monoisotopic (exact) mass is 524 g/mol. The van der Waals surface area contributed by atoms with E-state index >= 15 is 0 Å². The van der Waals surface area contributed by atoms with Crippen LogP contribution in [0.3, 0.4) is 0 Å². The van der Waals surface area contributed by atoms with E-state index < -0.39 is 23.7 Å². The molecule has 0 spiro atoms. The molecule has 2 aromatic rings. The highest BCUT2D eigenvalue weighted by Gasteiger charge is 2.44. The van der Waals surface area contributed by atoms with Crippen LogP contribution in [-0.2, 0) is 20.1 Å². The number of carbonyl (C=O) groups is 2. The van der Waals surface area contributed by atoms with Gasteiger partial charge in [0.2, 0.25) is 5.91 Å². The van der Waals surface area contributed by atoms with Crippen molar-refractivity contribution in [3.63, 3.8) is 0 Å². The Bertz CT molecular complexity index is 1140. The molecular weight excluding hydrogens is 507 g/mol. The summed E-state index contributed by atoms with van der Waals surface area (Å²) in [5.41, 5.74) is 1.45. The molecule has 0 aromatic heterocycles. The standard InChI is InChI=1S/C23H19Cl3N2O4S/c1-3-32-20-16(25)8-13(9-17(20)26)18-14(10-27)22(28-21(29)19(18)23(30)31-2)33-11-12-6-4-5-7-15(12)24/h4-9,18-19H,3,11H2,1-2H3,(H,28,29)/t18-,19-/m0/s1. The Labute approximate surface area is 210 Å². The number of nitrogens with zero attached hydrogens (tertiary/aromatic N) is 1. The van der Waals surface area contributed by atoms with Crippen molar-refractivity contribution < 1.29 is 19.1 Å². The van der Waals surface area contributed by atoms with Gasteiger partial charge in [-0.3, -0.25) is 9.59 Å². The van der Waals surface area contributed by atoms with E-state index in [9.17, 15) is 14.9 Å². The molecule has 0 unspecified atom stereocenters. The zero-order valence-electron chi connectivity index (χ0n) is 17.7. The number of esters is 1. The molecular formula is C23H19Cl3N2O4S. The molecule has 1 heterocycles. The van der Waals surface area contributed by atoms with Crippen molar-refractivity contribution in [2.24, 2.45) is 5.92 Å². The lowest BCUT2D eigenvalue weighted by molar-refractivity contribution is -0.150. The highest BCUT2D eigenvalue weighted by molar-refractivity contribution is 8.02. The van der Waals surface area contributed by atoms with Crippen LogP contribution >= 0.6 is 46.6 Å². The highest BCUT2D eigenvalue weighted by atomic mass is 35.5. The minimum absolute atomic E-state index is 0.193. The first-order valence-corrected chi connectivity index (χ1v) is 11.9. The molecule has 1 amide bonds. The molecule has 0 saturated heterocycles. The molecule has 1 N–H and O–H groups in total. The van der Waals surface area contributed by atoms with Crippen LogP contribution in [0.25, 0.3) is 0 Å². The Morgan fingerprint density at radius 3 is 2.42 bits per heavy atom. The van der Waals surface area contributed by atoms with Gasteiger partial charge < -0.3 is 14.8 Å². The Kier molecular flexibility index (Phi) is 8.55. The third-order valence-electron chi connectivity index (χ3n) is 4.98. The molecule has 33 heavy (non-hydrogen) atoms. The van der Waals surface area contributed by atoms with Gasteiger partial charge in [0.25, 0.3) is 0 Å². The number of rotatable bonds is 7. The molecule has 10 heteroatoms. The summed E-state index contributed by atoms with van der Waals surface area (Å²) < 4.78 is 10.3. The Balaban J connectivity index is 2.10. The van der Waals surface area contributed by atoms with Crippen molar-refractivity contribution in [3.05, 3.63) is 73.2 Å². The van der Waals surface area contributed by atoms with Gasteiger partial charge in [-0.2, -0.15) is 5.26 Å². The van der Waals surface area contributed by atoms with E-state index in [1.807, 2.05) is 18.2 Å². The van der Waals surface area contributed by atoms with Crippen LogP contribution in [0.2, 0.25) is 15.1 Å². The summed E-state index contributed by atoms with van der Waals surface area (Å²) in [5.74, 6) is -2.92. The second-order valence-corrected chi connectivity index (χ2v) is 9.16. The van der Waals surface area contributed by atoms with Gasteiger partial charge in [-0.25, -0.2) is 0 Å². The van der Waals surface area contributed by atoms with Gasteiger partial charge in [0.05, 0.1) is 40.4 Å². The third-order valence-corrected chi connectivity index (χ3v) is 6.98. The molecule has 1 aliphatic rings. The van der Waals surface area contributed by atoms with Crippen LogP contribution in [0.5, 0.6) is 5.75 Å². The summed E-state index contributed by atoms with van der Waals surface area (Å²) >= 11 is 20.2. The maximum atomic E-state index is 13.0. The van der Waals surface area contributed by atoms with Crippen LogP contribution in [-0.4, -0.2) is 25.6 Å². The van der Waals surface area contributed by atoms with Gasteiger partial charge in [-0.1, -0.05) is 53.0 Å². The molecule has 0 radical (unpaired) electrons. The van der Waals surface area contributed by atoms with Crippen molar-refractivity contribution in [2.75, 3.05) is 13.7 Å². The average Bonchev–Trinajstić information content (AvgIpc) is 2.79. The van der Waals surface area contributed by atoms with E-state index in [2.05, 4.69) is 11.4 Å². The smallest absolute Gasteiger partial charge is 0.319 e. The number of nitriles is 1. The Morgan fingerprint density at radius 2 is 1.85 bits per heavy atom. The van der Waals surface area contributed by atoms with Gasteiger partial charge >= 0.3 is 5.97 Å². The van der Waals surface area contributed by atoms with Gasteiger partial charge in [0, 0.05) is 16.7 Å². The predicted octanol–water partition coefficient (Wildman–Crippen LogP) is 5.72. The van der Waals surface area contributed by atoms with Crippen LogP contribution in [0.15, 0.2) is 47.0 Å². The number of thioether (sulfide) groups is 1. The molecule has 172 valence electrons. The predicted molar refractivity (Wildman–Crippen MR) is 129 cm³/mol. The normalized spacial score (nSPS) is 17.9. The average molecular weight is 526 g/mol. The van der Waals surface area contributed by atoms with Crippen LogP contribution < -0.4 is 10.1 Å². The Morgan fingerprint density at radius 1 is 1.18 bits per heavy atom. The van der Waals surface area contributed by atoms with Crippen molar-refractivity contribution in [1.82, 2.24) is 5.32 Å². The fraction of sp³-hybridized carbons (Fsp3) is 0.261. The summed E-state index contributed by atoms with van der Waals surface area (Å²) in [4.78, 5) is 25.5. The second-order valence-electron chi connectivity index (χ2n) is 6.95. The Hall–Kier alpha value is -2.37. The molecule has 3 rings (SSSR count). The molecule has 0 fully saturated rings. The molecule has 1 aliphatic heterocycles. The quantitative estimate of drug-likeness (QED) is 0.368. The lowest BCUT2D eigenvalue weighted by Crippen LogP contribution is -2.44. The van der Waals surface area contributed by atoms with Crippen molar-refractivity contribution in [2.45, 2.75) is 18.6 Å². The van der Waals surface area contributed by atoms with E-state index in [-0.39, 0.29) is 21.4 Å². The van der Waals surface area contributed by atoms with Crippen LogP contribution in [0, 0.1) is 17.2 Å². The summed E-state index contributed by atoms with van der Waals surface area (Å²) in [6.07, 6.45) is 0. The summed E-state index contributed by atoms with van der Waals surface area (Å²) in [7, 11) is 1.18. The van der Waals surface area contributed by atoms with Crippen LogP contribution in [0.4, 0.5) is 0 Å². The molecule has 0 aliphatic carbocycles. The number of halogens is 3. The van der Waals surface area contributed by atoms with Gasteiger partial charge in [-0.05, 0) is 36.2 Å². The SMILES string of the molecule is CCOc1c(Cl)cc([C@H]2C(C#N)=C(SCc3ccccc3Cl)NC(=O)[C@H]2C(=O)OC)cc1Cl. The number of hydrogen-bond donors (Lipinski definition) is 1. The van der Waals surface area contributed by atoms with Crippen LogP contribution in [0.1, 0.15) is 24.0 Å². The molecule has 0 saturated carbocycles. The van der Waals surface area contributed by atoms with Crippen molar-refractivity contribution in [1.29, 1.82) is 5.26 Å². The van der Waals surface area contributed by atoms with Crippen molar-refractivity contribution in [3.8, 4) is 11.8 Å². The fourth-order valence-corrected chi connectivity index (χ4v) is 5.43. The number of methoxy groups -OCH3 is 1. The molecule has 2 atom stereocenters. The fourth-order valence-electron chi connectivity index (χ4n) is 3.49. The second kappa shape index (κ2) is 11.2. The topological polar surface area (TPSA) is 88.4 Å². The minimum atomic E-state index is -1.29. The number of benzene rings is 2. The number of amides is 1. The molecule has 6 nitrogen and oxygen atoms in total. The maximum Gasteiger partial charge on any atom is 0.319 e. The largest absolute Gasteiger partial charge is 0.491 e. The number of ether oxygens (including phenoxy) is 2. The number of allylic oxidation sites excluding steroid dienone is 1. The minimum Gasteiger partial charge on any atom is -0.491 e. The lowest BCUT2D eigenvalue weighted by atomic mass is 9.78. The van der Waals surface area contributed by atoms with E-state index in [4.69, 9.17) is 44.3 Å². The molecule has 2 aromatic carbocycles. The number of nitrogens with one attached hydrogen (secondary N) is 1. The maximum absolute atomic E-state index is 13.0. The third kappa shape index (κ3) is 5.42. The van der Waals surface area contributed by atoms with E-state index in [1.54, 1.807) is 25.1 Å². The van der Waals surface area contributed by atoms with Gasteiger partial charge in [0.15, 0.2) is 5.75 Å². The first kappa shape index (κ1) is 25.3. The summed E-state index contributed by atoms with van der Waals surface area (Å²) in [6.45, 7) is 2.14. The zero-order chi connectivity index (χ0) is 24.1. The van der Waals surface area contributed by atoms with Gasteiger partial charge in [-0.15, -0.1) is 11.8 Å². The summed E-state index contributed by atoms with van der Waals surface area (Å²) in [5, 5.41) is 14.0. The first-order valence-electron chi connectivity index (χ1n) is 9.83. The van der Waals surface area contributed by atoms with E-state index in [0.717, 1.165) is 5.56 Å². The molecule has 0 bridgehead atoms. The number of carbonyl (C=O) groups excluding carboxylic acids is 2. The van der Waals surface area contributed by atoms with E-state index in [0.29, 0.717) is 28.0 Å². The highest BCUT2D eigenvalue weighted by Crippen LogP contribution is 2.44. The zero-order valence-corrected chi connectivity index (χ0v) is 20.7. The van der Waals surface area contributed by atoms with Gasteiger partial charge in [0.1, 0.15) is 5.92 Å². The van der Waals surface area contributed by atoms with E-state index in [1.165, 1.54) is 18.9 Å². The lowest BCUT2D eigenvalue weighted by Gasteiger charge is -2.31. The van der Waals surface area contributed by atoms with Crippen molar-refractivity contribution >= 4 is 58.4 Å². The first-order chi connectivity index (χ1) is 15.8. The summed E-state index contributed by atoms with van der Waals surface area (Å²) in [6, 6.07) is 12.5.